The second-order valence-corrected chi connectivity index (χ2v) is 11.5. The fraction of sp³-hybridized carbons (Fsp3) is 0.708. The summed E-state index contributed by atoms with van der Waals surface area (Å²) in [5, 5.41) is 5.38. The Morgan fingerprint density at radius 3 is 2.42 bits per heavy atom. The quantitative estimate of drug-likeness (QED) is 0.575. The van der Waals surface area contributed by atoms with Crippen LogP contribution < -0.4 is 9.88 Å². The predicted octanol–water partition coefficient (Wildman–Crippen LogP) is 3.63. The van der Waals surface area contributed by atoms with E-state index in [-0.39, 0.29) is 22.8 Å². The molecular weight excluding hydrogens is 442 g/mol. The van der Waals surface area contributed by atoms with Gasteiger partial charge in [-0.2, -0.15) is 0 Å². The number of ether oxygens (including phenoxy) is 2. The van der Waals surface area contributed by atoms with Crippen molar-refractivity contribution in [2.45, 2.75) is 76.8 Å². The van der Waals surface area contributed by atoms with E-state index in [0.717, 1.165) is 37.9 Å². The number of carbonyl (C=O) groups excluding carboxylic acids is 1. The highest BCUT2D eigenvalue weighted by Gasteiger charge is 2.28. The number of sulfonamides is 1. The molecule has 1 aromatic rings. The number of rotatable bonds is 9. The molecule has 0 aliphatic carbocycles. The number of piperidine rings is 1. The lowest BCUT2D eigenvalue weighted by atomic mass is 9.95. The van der Waals surface area contributed by atoms with Crippen LogP contribution in [-0.4, -0.2) is 69.2 Å². The third kappa shape index (κ3) is 8.46. The Balaban J connectivity index is 2.00. The number of amides is 1. The lowest BCUT2D eigenvalue weighted by molar-refractivity contribution is 0.0162. The monoisotopic (exact) mass is 483 g/mol. The van der Waals surface area contributed by atoms with Crippen LogP contribution in [0, 0.1) is 5.92 Å². The summed E-state index contributed by atoms with van der Waals surface area (Å²) in [6, 6.07) is 5.41. The van der Waals surface area contributed by atoms with Crippen molar-refractivity contribution in [2.75, 3.05) is 33.3 Å². The van der Waals surface area contributed by atoms with Crippen molar-refractivity contribution < 1.29 is 22.7 Å². The number of methoxy groups -OCH3 is 1. The smallest absolute Gasteiger partial charge is 0.410 e. The molecule has 2 N–H and O–H groups in total. The molecule has 33 heavy (non-hydrogen) atoms. The summed E-state index contributed by atoms with van der Waals surface area (Å²) in [5.41, 5.74) is 0.430. The van der Waals surface area contributed by atoms with E-state index in [1.54, 1.807) is 12.1 Å². The van der Waals surface area contributed by atoms with Crippen molar-refractivity contribution in [3.63, 3.8) is 0 Å². The zero-order chi connectivity index (χ0) is 24.8. The number of benzene rings is 1. The van der Waals surface area contributed by atoms with Crippen LogP contribution in [0.1, 0.15) is 59.4 Å². The number of hydrogen-bond acceptors (Lipinski definition) is 6. The van der Waals surface area contributed by atoms with Gasteiger partial charge in [-0.1, -0.05) is 13.0 Å². The van der Waals surface area contributed by atoms with Gasteiger partial charge in [0.2, 0.25) is 10.0 Å². The highest BCUT2D eigenvalue weighted by atomic mass is 32.2. The first-order valence-corrected chi connectivity index (χ1v) is 13.3. The zero-order valence-electron chi connectivity index (χ0n) is 21.0. The van der Waals surface area contributed by atoms with Gasteiger partial charge < -0.3 is 19.3 Å². The second-order valence-electron chi connectivity index (χ2n) is 9.99. The summed E-state index contributed by atoms with van der Waals surface area (Å²) in [6.07, 6.45) is 3.41. The number of nitrogens with two attached hydrogens (primary N) is 1. The van der Waals surface area contributed by atoms with E-state index in [4.69, 9.17) is 14.6 Å². The summed E-state index contributed by atoms with van der Waals surface area (Å²) < 4.78 is 34.6. The normalized spacial score (nSPS) is 16.7. The average Bonchev–Trinajstić information content (AvgIpc) is 2.72. The Hall–Kier alpha value is -1.84. The third-order valence-corrected chi connectivity index (χ3v) is 6.89. The predicted molar refractivity (Wildman–Crippen MR) is 130 cm³/mol. The van der Waals surface area contributed by atoms with Crippen molar-refractivity contribution in [3.8, 4) is 5.75 Å². The molecule has 0 aromatic heterocycles. The summed E-state index contributed by atoms with van der Waals surface area (Å²) >= 11 is 0. The lowest BCUT2D eigenvalue weighted by Gasteiger charge is -2.37. The first-order valence-electron chi connectivity index (χ1n) is 11.8. The molecule has 1 fully saturated rings. The van der Waals surface area contributed by atoms with Gasteiger partial charge in [-0.3, -0.25) is 0 Å². The van der Waals surface area contributed by atoms with Crippen molar-refractivity contribution in [1.82, 2.24) is 9.80 Å². The van der Waals surface area contributed by atoms with Crippen LogP contribution >= 0.6 is 0 Å². The van der Waals surface area contributed by atoms with Crippen molar-refractivity contribution in [1.29, 1.82) is 0 Å². The molecule has 188 valence electrons. The minimum absolute atomic E-state index is 0.0197. The van der Waals surface area contributed by atoms with Crippen LogP contribution in [0.15, 0.2) is 23.1 Å². The lowest BCUT2D eigenvalue weighted by Crippen LogP contribution is -2.45. The molecule has 8 nitrogen and oxygen atoms in total. The Labute approximate surface area is 199 Å². The minimum Gasteiger partial charge on any atom is -0.495 e. The number of hydrogen-bond donors (Lipinski definition) is 1. The molecule has 0 radical (unpaired) electrons. The molecule has 0 saturated carbocycles. The molecule has 2 rings (SSSR count). The Kier molecular flexibility index (Phi) is 9.58. The number of primary sulfonamides is 1. The van der Waals surface area contributed by atoms with Gasteiger partial charge in [0.1, 0.15) is 16.2 Å². The highest BCUT2D eigenvalue weighted by Crippen LogP contribution is 2.26. The van der Waals surface area contributed by atoms with E-state index in [9.17, 15) is 13.2 Å². The first-order chi connectivity index (χ1) is 15.3. The fourth-order valence-corrected chi connectivity index (χ4v) is 5.02. The topological polar surface area (TPSA) is 102 Å². The minimum atomic E-state index is -3.86. The van der Waals surface area contributed by atoms with Gasteiger partial charge in [-0.25, -0.2) is 18.4 Å². The van der Waals surface area contributed by atoms with Crippen LogP contribution in [0.4, 0.5) is 4.79 Å². The number of carbonyl (C=O) groups is 1. The van der Waals surface area contributed by atoms with Gasteiger partial charge in [0.25, 0.3) is 0 Å². The summed E-state index contributed by atoms with van der Waals surface area (Å²) in [6.45, 7) is 13.3. The number of likely N-dealkylation sites (tertiary alicyclic amines) is 1. The molecule has 1 atom stereocenters. The average molecular weight is 484 g/mol. The maximum atomic E-state index is 12.3. The molecule has 1 aromatic carbocycles. The van der Waals surface area contributed by atoms with Gasteiger partial charge in [0.05, 0.1) is 7.11 Å². The maximum absolute atomic E-state index is 12.3. The Bertz CT molecular complexity index is 890. The third-order valence-electron chi connectivity index (χ3n) is 5.96. The zero-order valence-corrected chi connectivity index (χ0v) is 21.8. The van der Waals surface area contributed by atoms with Gasteiger partial charge in [0.15, 0.2) is 0 Å². The van der Waals surface area contributed by atoms with Crippen molar-refractivity contribution in [2.24, 2.45) is 11.1 Å². The fourth-order valence-electron chi connectivity index (χ4n) is 4.28. The van der Waals surface area contributed by atoms with E-state index < -0.39 is 15.6 Å². The summed E-state index contributed by atoms with van der Waals surface area (Å²) in [5.74, 6) is 0.768. The molecular formula is C24H41N3O5S. The first kappa shape index (κ1) is 27.4. The largest absolute Gasteiger partial charge is 0.495 e. The van der Waals surface area contributed by atoms with Crippen LogP contribution in [0.2, 0.25) is 0 Å². The van der Waals surface area contributed by atoms with Crippen molar-refractivity contribution in [3.05, 3.63) is 23.8 Å². The van der Waals surface area contributed by atoms with E-state index >= 15 is 0 Å². The molecule has 1 unspecified atom stereocenters. The molecule has 1 amide bonds. The van der Waals surface area contributed by atoms with Crippen molar-refractivity contribution >= 4 is 16.1 Å². The molecule has 1 saturated heterocycles. The Morgan fingerprint density at radius 2 is 1.91 bits per heavy atom. The highest BCUT2D eigenvalue weighted by molar-refractivity contribution is 7.89. The van der Waals surface area contributed by atoms with E-state index in [1.807, 2.05) is 31.7 Å². The SMILES string of the molecule is CCCN(CC1CCN(C(=O)OC(C)(C)C)CC1)C(C)Cc1ccc(OC)c(S(N)(=O)=O)c1. The van der Waals surface area contributed by atoms with Crippen LogP contribution in [0.25, 0.3) is 0 Å². The van der Waals surface area contributed by atoms with Crippen LogP contribution in [0.5, 0.6) is 5.75 Å². The van der Waals surface area contributed by atoms with Crippen LogP contribution in [-0.2, 0) is 21.2 Å². The molecule has 9 heteroatoms. The molecule has 0 bridgehead atoms. The second kappa shape index (κ2) is 11.5. The van der Waals surface area contributed by atoms with Gasteiger partial charge in [-0.05, 0) is 83.5 Å². The molecule has 0 spiro atoms. The standard InChI is InChI=1S/C24H41N3O5S/c1-7-12-27(17-19-10-13-26(14-11-19)23(28)32-24(3,4)5)18(2)15-20-8-9-21(31-6)22(16-20)33(25,29)30/h8-9,16,18-19H,7,10-15,17H2,1-6H3,(H2,25,29,30). The molecule has 1 aliphatic heterocycles. The summed E-state index contributed by atoms with van der Waals surface area (Å²) in [7, 11) is -2.43. The van der Waals surface area contributed by atoms with Crippen LogP contribution in [0.3, 0.4) is 0 Å². The van der Waals surface area contributed by atoms with Gasteiger partial charge >= 0.3 is 6.09 Å². The van der Waals surface area contributed by atoms with Gasteiger partial charge in [-0.15, -0.1) is 0 Å². The maximum Gasteiger partial charge on any atom is 0.410 e. The van der Waals surface area contributed by atoms with E-state index in [0.29, 0.717) is 25.4 Å². The van der Waals surface area contributed by atoms with Gasteiger partial charge in [0, 0.05) is 25.7 Å². The van der Waals surface area contributed by atoms with E-state index in [2.05, 4.69) is 18.7 Å². The molecule has 1 heterocycles. The summed E-state index contributed by atoms with van der Waals surface area (Å²) in [4.78, 5) is 16.6. The molecule has 1 aliphatic rings. The number of nitrogens with zero attached hydrogens (tertiary/aromatic N) is 2. The van der Waals surface area contributed by atoms with E-state index in [1.165, 1.54) is 7.11 Å². The Morgan fingerprint density at radius 1 is 1.27 bits per heavy atom.